The van der Waals surface area contributed by atoms with Gasteiger partial charge in [-0.2, -0.15) is 0 Å². The smallest absolute Gasteiger partial charge is 0.261 e. The summed E-state index contributed by atoms with van der Waals surface area (Å²) in [5.74, 6) is -0.920. The van der Waals surface area contributed by atoms with E-state index in [0.717, 1.165) is 26.1 Å². The van der Waals surface area contributed by atoms with Crippen LogP contribution in [-0.4, -0.2) is 136 Å². The maximum absolute atomic E-state index is 5.80. The zero-order valence-electron chi connectivity index (χ0n) is 24.6. The Hall–Kier alpha value is -0.210. The molecule has 0 aromatic heterocycles. The second-order valence-electron chi connectivity index (χ2n) is 10.4. The van der Waals surface area contributed by atoms with Crippen LogP contribution >= 0.6 is 24.3 Å². The first-order chi connectivity index (χ1) is 16.7. The lowest BCUT2D eigenvalue weighted by atomic mass is 10.2. The summed E-state index contributed by atoms with van der Waals surface area (Å²) in [6.07, 6.45) is 1.04. The monoisotopic (exact) mass is 560 g/mol. The fourth-order valence-corrected chi connectivity index (χ4v) is 12.0. The first-order valence-corrected chi connectivity index (χ1v) is 16.1. The summed E-state index contributed by atoms with van der Waals surface area (Å²) < 4.78 is 25.2. The number of hydrogen-bond acceptors (Lipinski definition) is 4. The molecule has 10 nitrogen and oxygen atoms in total. The molecule has 1 fully saturated rings. The van der Waals surface area contributed by atoms with Crippen LogP contribution in [-0.2, 0) is 6.54 Å². The molecular formula is C23H51N10P3. The van der Waals surface area contributed by atoms with Crippen molar-refractivity contribution in [3.63, 3.8) is 0 Å². The van der Waals surface area contributed by atoms with Crippen LogP contribution in [0.2, 0.25) is 0 Å². The molecule has 0 bridgehead atoms. The number of hydrogen-bond donors (Lipinski definition) is 1. The zero-order valence-corrected chi connectivity index (χ0v) is 27.6. The van der Waals surface area contributed by atoms with E-state index in [1.54, 1.807) is 0 Å². The van der Waals surface area contributed by atoms with Crippen LogP contribution in [0.3, 0.4) is 0 Å². The number of benzene rings is 1. The van der Waals surface area contributed by atoms with E-state index in [2.05, 4.69) is 156 Å². The fraction of sp³-hybridized carbons (Fsp3) is 0.739. The highest BCUT2D eigenvalue weighted by molar-refractivity contribution is 7.59. The van der Waals surface area contributed by atoms with E-state index in [-0.39, 0.29) is 0 Å². The lowest BCUT2D eigenvalue weighted by Gasteiger charge is -2.51. The highest BCUT2D eigenvalue weighted by Gasteiger charge is 2.46. The van der Waals surface area contributed by atoms with Gasteiger partial charge >= 0.3 is 0 Å². The second kappa shape index (κ2) is 12.8. The van der Waals surface area contributed by atoms with E-state index in [9.17, 15) is 0 Å². The normalized spacial score (nSPS) is 17.8. The molecule has 0 amide bonds. The molecule has 1 aliphatic rings. The quantitative estimate of drug-likeness (QED) is 0.439. The third-order valence-electron chi connectivity index (χ3n) is 6.53. The molecule has 0 spiro atoms. The third kappa shape index (κ3) is 6.32. The van der Waals surface area contributed by atoms with E-state index in [1.807, 2.05) is 0 Å². The Morgan fingerprint density at radius 3 is 1.50 bits per heavy atom. The molecule has 1 saturated heterocycles. The number of nitrogens with one attached hydrogen (secondary N) is 1. The molecule has 13 heteroatoms. The highest BCUT2D eigenvalue weighted by Crippen LogP contribution is 2.61. The van der Waals surface area contributed by atoms with E-state index >= 15 is 0 Å². The van der Waals surface area contributed by atoms with Crippen molar-refractivity contribution in [1.82, 2.24) is 38.2 Å². The zero-order chi connectivity index (χ0) is 27.5. The van der Waals surface area contributed by atoms with Gasteiger partial charge in [-0.1, -0.05) is 24.3 Å². The van der Waals surface area contributed by atoms with Crippen molar-refractivity contribution in [3.05, 3.63) is 29.8 Å². The van der Waals surface area contributed by atoms with Crippen LogP contribution < -0.4 is 10.6 Å². The molecule has 0 saturated carbocycles. The highest BCUT2D eigenvalue weighted by atomic mass is 31.2. The Morgan fingerprint density at radius 1 is 0.750 bits per heavy atom. The molecule has 1 unspecified atom stereocenters. The predicted octanol–water partition coefficient (Wildman–Crippen LogP) is 2.86. The molecule has 36 heavy (non-hydrogen) atoms. The lowest BCUT2D eigenvalue weighted by molar-refractivity contribution is 0.0329. The predicted molar refractivity (Wildman–Crippen MR) is 162 cm³/mol. The topological polar surface area (TPSA) is 59.4 Å². The average Bonchev–Trinajstić information content (AvgIpc) is 2.77. The molecule has 1 atom stereocenters. The van der Waals surface area contributed by atoms with Crippen LogP contribution in [0.4, 0.5) is 0 Å². The summed E-state index contributed by atoms with van der Waals surface area (Å²) in [6.45, 7) is 2.52. The van der Waals surface area contributed by atoms with Gasteiger partial charge in [0.05, 0.1) is 0 Å². The molecule has 1 aromatic rings. The molecule has 1 N–H and O–H groups in total. The molecule has 0 radical (unpaired) electrons. The summed E-state index contributed by atoms with van der Waals surface area (Å²) in [6, 6.07) is 8.72. The van der Waals surface area contributed by atoms with E-state index in [0.29, 0.717) is 0 Å². The largest absolute Gasteiger partial charge is 0.271 e. The van der Waals surface area contributed by atoms with Crippen molar-refractivity contribution < 1.29 is 0 Å². The van der Waals surface area contributed by atoms with Crippen molar-refractivity contribution in [1.29, 1.82) is 0 Å². The number of nitrogens with zero attached hydrogens (tertiary/aromatic N) is 9. The van der Waals surface area contributed by atoms with E-state index in [1.165, 1.54) is 10.9 Å². The van der Waals surface area contributed by atoms with Gasteiger partial charge in [0, 0.05) is 19.6 Å². The number of rotatable bonds is 10. The van der Waals surface area contributed by atoms with Crippen LogP contribution in [0, 0.1) is 0 Å². The molecule has 1 aliphatic heterocycles. The van der Waals surface area contributed by atoms with Crippen molar-refractivity contribution in [3.8, 4) is 0 Å². The Morgan fingerprint density at radius 2 is 1.14 bits per heavy atom. The van der Waals surface area contributed by atoms with E-state index in [4.69, 9.17) is 9.49 Å². The van der Waals surface area contributed by atoms with Crippen molar-refractivity contribution >= 4 is 29.6 Å². The van der Waals surface area contributed by atoms with Gasteiger partial charge in [0.1, 0.15) is 0 Å². The van der Waals surface area contributed by atoms with Crippen LogP contribution in [0.15, 0.2) is 33.8 Å². The Bertz CT molecular complexity index is 856. The molecular weight excluding hydrogens is 509 g/mol. The van der Waals surface area contributed by atoms with Crippen molar-refractivity contribution in [2.75, 3.05) is 97.7 Å². The maximum atomic E-state index is 5.80. The van der Waals surface area contributed by atoms with Crippen molar-refractivity contribution in [2.45, 2.75) is 18.9 Å². The third-order valence-corrected chi connectivity index (χ3v) is 14.4. The van der Waals surface area contributed by atoms with Crippen LogP contribution in [0.5, 0.6) is 0 Å². The van der Waals surface area contributed by atoms with Crippen molar-refractivity contribution in [2.24, 2.45) is 9.49 Å². The van der Waals surface area contributed by atoms with Gasteiger partial charge in [-0.15, -0.1) is 9.24 Å². The van der Waals surface area contributed by atoms with Crippen LogP contribution in [0.1, 0.15) is 12.0 Å². The second-order valence-corrected chi connectivity index (χ2v) is 18.4. The van der Waals surface area contributed by atoms with Gasteiger partial charge in [0.15, 0.2) is 15.0 Å². The summed E-state index contributed by atoms with van der Waals surface area (Å²) >= 11 is 0. The van der Waals surface area contributed by atoms with E-state index < -0.39 is 20.9 Å². The Balaban J connectivity index is 3.00. The summed E-state index contributed by atoms with van der Waals surface area (Å²) in [5, 5.41) is 5.02. The summed E-state index contributed by atoms with van der Waals surface area (Å²) in [7, 11) is 23.7. The van der Waals surface area contributed by atoms with Gasteiger partial charge in [-0.3, -0.25) is 33.3 Å². The lowest BCUT2D eigenvalue weighted by Crippen LogP contribution is -2.61. The molecule has 0 aliphatic carbocycles. The molecule has 208 valence electrons. The minimum Gasteiger partial charge on any atom is -0.261 e. The fourth-order valence-electron chi connectivity index (χ4n) is 5.10. The minimum atomic E-state index is -2.29. The maximum Gasteiger partial charge on any atom is 0.271 e. The van der Waals surface area contributed by atoms with Gasteiger partial charge in [-0.25, -0.2) is 14.4 Å². The van der Waals surface area contributed by atoms with Gasteiger partial charge in [0.25, 0.3) is 5.91 Å². The van der Waals surface area contributed by atoms with Gasteiger partial charge < -0.3 is 0 Å². The summed E-state index contributed by atoms with van der Waals surface area (Å²) in [4.78, 5) is 2.44. The molecule has 1 aromatic carbocycles. The summed E-state index contributed by atoms with van der Waals surface area (Å²) in [5.41, 5.74) is 1.26. The first kappa shape index (κ1) is 32.0. The van der Waals surface area contributed by atoms with Crippen LogP contribution in [0.25, 0.3) is 0 Å². The molecule has 2 rings (SSSR count). The standard InChI is InChI=1S/C23H51N10P3/c1-27(2)35(28(3)4,29(5)6)25-23(26-36(30(7)8,31(9)10)32(11)12)24-18-13-19-33(23)20-21-14-16-22(34)17-15-21/h14-17,24H,13,18-20,34H2,1-12H3. The molecule has 1 heterocycles. The first-order valence-electron chi connectivity index (χ1n) is 12.3. The Labute approximate surface area is 223 Å². The Kier molecular flexibility index (Phi) is 11.3. The SMILES string of the molecule is CN(C)P(=NC1(N=P(N(C)C)(N(C)C)N(C)C)NCCCN1Cc1ccc(P)cc1)(N(C)C)N(C)C. The average molecular weight is 561 g/mol. The van der Waals surface area contributed by atoms with Gasteiger partial charge in [-0.05, 0) is 102 Å². The van der Waals surface area contributed by atoms with Gasteiger partial charge in [0.2, 0.25) is 0 Å². The minimum absolute atomic E-state index is 0.757.